The minimum absolute atomic E-state index is 0.187. The van der Waals surface area contributed by atoms with Crippen molar-refractivity contribution in [2.45, 2.75) is 32.4 Å². The molecule has 0 aromatic heterocycles. The first-order valence-electron chi connectivity index (χ1n) is 10.7. The molecule has 176 valence electrons. The second kappa shape index (κ2) is 11.6. The summed E-state index contributed by atoms with van der Waals surface area (Å²) < 4.78 is 21.1. The van der Waals surface area contributed by atoms with Crippen LogP contribution in [0.25, 0.3) is 6.08 Å². The highest BCUT2D eigenvalue weighted by molar-refractivity contribution is 6.32. The molecule has 33 heavy (non-hydrogen) atoms. The number of methoxy groups -OCH3 is 2. The molecule has 3 rings (SSSR count). The van der Waals surface area contributed by atoms with E-state index in [1.54, 1.807) is 30.2 Å². The van der Waals surface area contributed by atoms with Crippen LogP contribution in [0.3, 0.4) is 0 Å². The summed E-state index contributed by atoms with van der Waals surface area (Å²) in [6.07, 6.45) is 4.72. The van der Waals surface area contributed by atoms with Crippen LogP contribution in [0.4, 0.5) is 0 Å². The van der Waals surface area contributed by atoms with Gasteiger partial charge in [0.15, 0.2) is 18.1 Å². The molecule has 0 unspecified atom stereocenters. The van der Waals surface area contributed by atoms with E-state index >= 15 is 0 Å². The third-order valence-electron chi connectivity index (χ3n) is 5.11. The van der Waals surface area contributed by atoms with E-state index in [4.69, 9.17) is 30.5 Å². The first-order valence-corrected chi connectivity index (χ1v) is 11.1. The second-order valence-electron chi connectivity index (χ2n) is 7.51. The number of ether oxygens (including phenoxy) is 4. The van der Waals surface area contributed by atoms with E-state index in [2.05, 4.69) is 0 Å². The number of amides is 1. The Hall–Kier alpha value is -3.19. The molecular weight excluding hydrogens is 446 g/mol. The van der Waals surface area contributed by atoms with E-state index in [0.29, 0.717) is 35.2 Å². The van der Waals surface area contributed by atoms with Crippen molar-refractivity contribution in [3.05, 3.63) is 58.6 Å². The number of hydrogen-bond acceptors (Lipinski definition) is 6. The van der Waals surface area contributed by atoms with Gasteiger partial charge in [-0.2, -0.15) is 0 Å². The monoisotopic (exact) mass is 473 g/mol. The van der Waals surface area contributed by atoms with E-state index in [9.17, 15) is 9.59 Å². The summed E-state index contributed by atoms with van der Waals surface area (Å²) >= 11 is 6.23. The van der Waals surface area contributed by atoms with Gasteiger partial charge in [0.2, 0.25) is 0 Å². The van der Waals surface area contributed by atoms with Gasteiger partial charge in [0.05, 0.1) is 25.8 Å². The Morgan fingerprint density at radius 3 is 2.45 bits per heavy atom. The molecule has 1 fully saturated rings. The van der Waals surface area contributed by atoms with Crippen molar-refractivity contribution in [2.75, 3.05) is 27.4 Å². The SMILES string of the molecule is CCOc1cc(/C=C/C(=O)OCC(=O)N(Cc2ccc(OC)cc2)C2CC2)cc(Cl)c1OC. The van der Waals surface area contributed by atoms with Crippen LogP contribution < -0.4 is 14.2 Å². The van der Waals surface area contributed by atoms with Gasteiger partial charge in [0.25, 0.3) is 5.91 Å². The Morgan fingerprint density at radius 2 is 1.85 bits per heavy atom. The Morgan fingerprint density at radius 1 is 1.12 bits per heavy atom. The van der Waals surface area contributed by atoms with Crippen LogP contribution in [0.5, 0.6) is 17.2 Å². The van der Waals surface area contributed by atoms with Crippen LogP contribution in [-0.4, -0.2) is 50.3 Å². The molecule has 1 saturated carbocycles. The Balaban J connectivity index is 1.57. The summed E-state index contributed by atoms with van der Waals surface area (Å²) in [5.41, 5.74) is 1.63. The number of benzene rings is 2. The molecule has 0 atom stereocenters. The molecule has 7 nitrogen and oxygen atoms in total. The van der Waals surface area contributed by atoms with E-state index in [1.165, 1.54) is 13.2 Å². The zero-order valence-corrected chi connectivity index (χ0v) is 19.8. The van der Waals surface area contributed by atoms with Crippen molar-refractivity contribution in [3.63, 3.8) is 0 Å². The smallest absolute Gasteiger partial charge is 0.331 e. The average Bonchev–Trinajstić information content (AvgIpc) is 3.65. The third kappa shape index (κ3) is 6.89. The minimum Gasteiger partial charge on any atom is -0.497 e. The molecule has 0 aliphatic heterocycles. The van der Waals surface area contributed by atoms with Crippen molar-refractivity contribution >= 4 is 29.6 Å². The normalized spacial score (nSPS) is 13.0. The summed E-state index contributed by atoms with van der Waals surface area (Å²) in [5.74, 6) is 0.833. The molecule has 0 N–H and O–H groups in total. The maximum absolute atomic E-state index is 12.7. The van der Waals surface area contributed by atoms with Crippen LogP contribution in [-0.2, 0) is 20.9 Å². The Labute approximate surface area is 198 Å². The van der Waals surface area contributed by atoms with E-state index in [0.717, 1.165) is 24.2 Å². The van der Waals surface area contributed by atoms with Gasteiger partial charge in [-0.25, -0.2) is 4.79 Å². The second-order valence-corrected chi connectivity index (χ2v) is 7.92. The van der Waals surface area contributed by atoms with Crippen molar-refractivity contribution in [1.82, 2.24) is 4.90 Å². The maximum atomic E-state index is 12.7. The molecule has 0 radical (unpaired) electrons. The summed E-state index contributed by atoms with van der Waals surface area (Å²) in [6.45, 7) is 2.44. The lowest BCUT2D eigenvalue weighted by Crippen LogP contribution is -2.35. The number of hydrogen-bond donors (Lipinski definition) is 0. The summed E-state index contributed by atoms with van der Waals surface area (Å²) in [5, 5.41) is 0.366. The van der Waals surface area contributed by atoms with E-state index in [1.807, 2.05) is 31.2 Å². The van der Waals surface area contributed by atoms with E-state index in [-0.39, 0.29) is 18.6 Å². The van der Waals surface area contributed by atoms with Gasteiger partial charge in [-0.1, -0.05) is 23.7 Å². The third-order valence-corrected chi connectivity index (χ3v) is 5.39. The zero-order chi connectivity index (χ0) is 23.8. The Kier molecular flexibility index (Phi) is 8.60. The molecule has 2 aromatic carbocycles. The summed E-state index contributed by atoms with van der Waals surface area (Å²) in [7, 11) is 3.12. The van der Waals surface area contributed by atoms with Gasteiger partial charge in [0, 0.05) is 18.7 Å². The highest BCUT2D eigenvalue weighted by Crippen LogP contribution is 2.36. The van der Waals surface area contributed by atoms with Gasteiger partial charge >= 0.3 is 5.97 Å². The lowest BCUT2D eigenvalue weighted by molar-refractivity contribution is -0.148. The quantitative estimate of drug-likeness (QED) is 0.353. The van der Waals surface area contributed by atoms with Gasteiger partial charge in [-0.15, -0.1) is 0 Å². The van der Waals surface area contributed by atoms with Gasteiger partial charge in [-0.05, 0) is 61.2 Å². The highest BCUT2D eigenvalue weighted by Gasteiger charge is 2.32. The molecule has 1 aliphatic carbocycles. The maximum Gasteiger partial charge on any atom is 0.331 e. The zero-order valence-electron chi connectivity index (χ0n) is 19.0. The molecule has 0 spiro atoms. The lowest BCUT2D eigenvalue weighted by Gasteiger charge is -2.22. The fourth-order valence-electron chi connectivity index (χ4n) is 3.31. The van der Waals surface area contributed by atoms with Gasteiger partial charge in [-0.3, -0.25) is 4.79 Å². The molecule has 1 amide bonds. The number of rotatable bonds is 11. The highest BCUT2D eigenvalue weighted by atomic mass is 35.5. The van der Waals surface area contributed by atoms with Crippen LogP contribution in [0.15, 0.2) is 42.5 Å². The molecule has 1 aliphatic rings. The molecule has 0 heterocycles. The van der Waals surface area contributed by atoms with Crippen molar-refractivity contribution in [1.29, 1.82) is 0 Å². The lowest BCUT2D eigenvalue weighted by atomic mass is 10.2. The standard InChI is InChI=1S/C25H28ClNO6/c1-4-32-22-14-18(13-21(26)25(22)31-3)7-12-24(29)33-16-23(28)27(19-8-9-19)15-17-5-10-20(30-2)11-6-17/h5-7,10-14,19H,4,8-9,15-16H2,1-3H3/b12-7+. The molecule has 2 aromatic rings. The number of esters is 1. The van der Waals surface area contributed by atoms with Crippen LogP contribution >= 0.6 is 11.6 Å². The first-order chi connectivity index (χ1) is 15.9. The van der Waals surface area contributed by atoms with Crippen molar-refractivity contribution in [3.8, 4) is 17.2 Å². The first kappa shape index (κ1) is 24.5. The summed E-state index contributed by atoms with van der Waals surface area (Å²) in [4.78, 5) is 26.7. The minimum atomic E-state index is -0.617. The number of carbonyl (C=O) groups excluding carboxylic acids is 2. The van der Waals surface area contributed by atoms with E-state index < -0.39 is 5.97 Å². The Bertz CT molecular complexity index is 1000. The summed E-state index contributed by atoms with van der Waals surface area (Å²) in [6, 6.07) is 11.1. The predicted molar refractivity (Wildman–Crippen MR) is 126 cm³/mol. The average molecular weight is 474 g/mol. The van der Waals surface area contributed by atoms with Gasteiger partial charge < -0.3 is 23.8 Å². The molecular formula is C25H28ClNO6. The van der Waals surface area contributed by atoms with Crippen LogP contribution in [0.2, 0.25) is 5.02 Å². The van der Waals surface area contributed by atoms with Gasteiger partial charge in [0.1, 0.15) is 5.75 Å². The largest absolute Gasteiger partial charge is 0.497 e. The van der Waals surface area contributed by atoms with Crippen LogP contribution in [0, 0.1) is 0 Å². The number of nitrogens with zero attached hydrogens (tertiary/aromatic N) is 1. The topological polar surface area (TPSA) is 74.3 Å². The molecule has 0 saturated heterocycles. The van der Waals surface area contributed by atoms with Crippen LogP contribution in [0.1, 0.15) is 30.9 Å². The fourth-order valence-corrected chi connectivity index (χ4v) is 3.60. The molecule has 8 heteroatoms. The number of carbonyl (C=O) groups is 2. The fraction of sp³-hybridized carbons (Fsp3) is 0.360. The van der Waals surface area contributed by atoms with Crippen molar-refractivity contribution in [2.24, 2.45) is 0 Å². The predicted octanol–water partition coefficient (Wildman–Crippen LogP) is 4.50. The molecule has 0 bridgehead atoms. The number of halogens is 1. The van der Waals surface area contributed by atoms with Crippen molar-refractivity contribution < 1.29 is 28.5 Å².